The molecule has 1 aliphatic rings. The van der Waals surface area contributed by atoms with E-state index in [0.717, 1.165) is 0 Å². The van der Waals surface area contributed by atoms with E-state index >= 15 is 0 Å². The van der Waals surface area contributed by atoms with Crippen LogP contribution in [0.15, 0.2) is 24.4 Å². The number of halogens is 2. The summed E-state index contributed by atoms with van der Waals surface area (Å²) >= 11 is 12.2. The molecular formula is C20H22Cl2N4O5. The molecule has 2 aromatic rings. The number of ether oxygens (including phenoxy) is 3. The first-order valence-electron chi connectivity index (χ1n) is 9.36. The highest BCUT2D eigenvalue weighted by atomic mass is 35.5. The van der Waals surface area contributed by atoms with E-state index in [1.54, 1.807) is 29.3 Å². The topological polar surface area (TPSA) is 107 Å². The molecule has 166 valence electrons. The van der Waals surface area contributed by atoms with Gasteiger partial charge in [-0.1, -0.05) is 23.2 Å². The molecule has 0 radical (unpaired) electrons. The fourth-order valence-electron chi connectivity index (χ4n) is 3.23. The predicted octanol–water partition coefficient (Wildman–Crippen LogP) is 2.23. The van der Waals surface area contributed by atoms with Crippen LogP contribution >= 0.6 is 23.2 Å². The molecule has 0 saturated carbocycles. The summed E-state index contributed by atoms with van der Waals surface area (Å²) in [5.41, 5.74) is 5.51. The van der Waals surface area contributed by atoms with Gasteiger partial charge < -0.3 is 29.7 Å². The molecule has 2 N–H and O–H groups in total. The second kappa shape index (κ2) is 9.93. The van der Waals surface area contributed by atoms with Crippen molar-refractivity contribution in [1.82, 2.24) is 9.88 Å². The third-order valence-electron chi connectivity index (χ3n) is 4.72. The Labute approximate surface area is 189 Å². The number of carbonyl (C=O) groups is 2. The summed E-state index contributed by atoms with van der Waals surface area (Å²) in [6.45, 7) is 1.74. The number of amides is 2. The fraction of sp³-hybridized carbons (Fsp3) is 0.350. The maximum absolute atomic E-state index is 13.1. The van der Waals surface area contributed by atoms with Crippen molar-refractivity contribution in [1.29, 1.82) is 0 Å². The molecule has 1 aliphatic heterocycles. The van der Waals surface area contributed by atoms with Crippen LogP contribution in [0.25, 0.3) is 0 Å². The molecule has 0 unspecified atom stereocenters. The van der Waals surface area contributed by atoms with Crippen molar-refractivity contribution in [2.75, 3.05) is 51.9 Å². The minimum absolute atomic E-state index is 0.187. The van der Waals surface area contributed by atoms with Gasteiger partial charge in [0, 0.05) is 37.9 Å². The lowest BCUT2D eigenvalue weighted by Crippen LogP contribution is -2.49. The smallest absolute Gasteiger partial charge is 0.255 e. The second-order valence-electron chi connectivity index (χ2n) is 6.70. The Bertz CT molecular complexity index is 955. The van der Waals surface area contributed by atoms with Gasteiger partial charge in [-0.15, -0.1) is 0 Å². The van der Waals surface area contributed by atoms with Crippen LogP contribution in [0.5, 0.6) is 17.2 Å². The Morgan fingerprint density at radius 1 is 1.06 bits per heavy atom. The Kier molecular flexibility index (Phi) is 7.29. The Hall–Kier alpha value is -2.91. The zero-order valence-electron chi connectivity index (χ0n) is 17.1. The summed E-state index contributed by atoms with van der Waals surface area (Å²) in [6, 6.07) is 4.74. The lowest BCUT2D eigenvalue weighted by Gasteiger charge is -2.35. The summed E-state index contributed by atoms with van der Waals surface area (Å²) < 4.78 is 16.0. The number of aromatic nitrogens is 1. The molecule has 2 amide bonds. The van der Waals surface area contributed by atoms with Crippen molar-refractivity contribution in [3.8, 4) is 17.2 Å². The van der Waals surface area contributed by atoms with E-state index in [1.165, 1.54) is 14.2 Å². The van der Waals surface area contributed by atoms with Crippen molar-refractivity contribution in [3.63, 3.8) is 0 Å². The number of carbonyl (C=O) groups excluding carboxylic acids is 2. The Morgan fingerprint density at radius 2 is 1.68 bits per heavy atom. The number of pyridine rings is 1. The molecule has 0 aliphatic carbocycles. The van der Waals surface area contributed by atoms with Crippen LogP contribution in [0, 0.1) is 0 Å². The highest BCUT2D eigenvalue weighted by Crippen LogP contribution is 2.39. The third kappa shape index (κ3) is 5.23. The van der Waals surface area contributed by atoms with Crippen LogP contribution in [0.3, 0.4) is 0 Å². The summed E-state index contributed by atoms with van der Waals surface area (Å²) in [4.78, 5) is 32.2. The first-order chi connectivity index (χ1) is 14.8. The van der Waals surface area contributed by atoms with Crippen molar-refractivity contribution < 1.29 is 23.8 Å². The van der Waals surface area contributed by atoms with E-state index in [-0.39, 0.29) is 29.8 Å². The number of benzene rings is 1. The molecule has 1 aromatic carbocycles. The van der Waals surface area contributed by atoms with Crippen LogP contribution in [0.2, 0.25) is 10.0 Å². The van der Waals surface area contributed by atoms with E-state index in [9.17, 15) is 9.59 Å². The van der Waals surface area contributed by atoms with Crippen molar-refractivity contribution in [3.05, 3.63) is 40.0 Å². The lowest BCUT2D eigenvalue weighted by molar-refractivity contribution is -0.120. The SMILES string of the molecule is COc1cc(C(=O)N2CCN(c3ncc(Cl)cc3Cl)CC2)cc(OC)c1OCC(N)=O. The lowest BCUT2D eigenvalue weighted by atomic mass is 10.1. The normalized spacial score (nSPS) is 13.7. The number of methoxy groups -OCH3 is 2. The van der Waals surface area contributed by atoms with Crippen molar-refractivity contribution in [2.24, 2.45) is 5.73 Å². The van der Waals surface area contributed by atoms with Crippen LogP contribution in [0.1, 0.15) is 10.4 Å². The Morgan fingerprint density at radius 3 is 2.19 bits per heavy atom. The van der Waals surface area contributed by atoms with E-state index in [4.69, 9.17) is 43.1 Å². The van der Waals surface area contributed by atoms with Gasteiger partial charge in [0.2, 0.25) is 5.75 Å². The third-order valence-corrected chi connectivity index (χ3v) is 5.21. The predicted molar refractivity (Wildman–Crippen MR) is 117 cm³/mol. The van der Waals surface area contributed by atoms with E-state index in [2.05, 4.69) is 4.98 Å². The summed E-state index contributed by atoms with van der Waals surface area (Å²) in [6.07, 6.45) is 1.54. The van der Waals surface area contributed by atoms with Gasteiger partial charge in [0.1, 0.15) is 5.82 Å². The number of rotatable bonds is 7. The van der Waals surface area contributed by atoms with Crippen molar-refractivity contribution in [2.45, 2.75) is 0 Å². The van der Waals surface area contributed by atoms with Crippen molar-refractivity contribution >= 4 is 40.8 Å². The average molecular weight is 469 g/mol. The van der Waals surface area contributed by atoms with Gasteiger partial charge in [-0.3, -0.25) is 9.59 Å². The highest BCUT2D eigenvalue weighted by Gasteiger charge is 2.26. The minimum Gasteiger partial charge on any atom is -0.493 e. The van der Waals surface area contributed by atoms with Gasteiger partial charge in [-0.05, 0) is 18.2 Å². The second-order valence-corrected chi connectivity index (χ2v) is 7.55. The fourth-order valence-corrected chi connectivity index (χ4v) is 3.73. The summed E-state index contributed by atoms with van der Waals surface area (Å²) in [7, 11) is 2.86. The standard InChI is InChI=1S/C20H22Cl2N4O5/c1-29-15-7-12(8-16(30-2)18(15)31-11-17(23)27)20(28)26-5-3-25(4-6-26)19-14(22)9-13(21)10-24-19/h7-10H,3-6,11H2,1-2H3,(H2,23,27). The molecule has 3 rings (SSSR count). The highest BCUT2D eigenvalue weighted by molar-refractivity contribution is 6.36. The summed E-state index contributed by atoms with van der Waals surface area (Å²) in [5, 5.41) is 0.932. The van der Waals surface area contributed by atoms with E-state index in [0.29, 0.717) is 47.6 Å². The number of nitrogens with zero attached hydrogens (tertiary/aromatic N) is 3. The van der Waals surface area contributed by atoms with Gasteiger partial charge in [0.25, 0.3) is 11.8 Å². The maximum atomic E-state index is 13.1. The number of hydrogen-bond donors (Lipinski definition) is 1. The van der Waals surface area contributed by atoms with Crippen LogP contribution < -0.4 is 24.8 Å². The molecule has 11 heteroatoms. The largest absolute Gasteiger partial charge is 0.493 e. The van der Waals surface area contributed by atoms with E-state index < -0.39 is 5.91 Å². The van der Waals surface area contributed by atoms with Crippen LogP contribution in [-0.4, -0.2) is 68.7 Å². The maximum Gasteiger partial charge on any atom is 0.255 e. The molecule has 1 aromatic heterocycles. The number of nitrogens with two attached hydrogens (primary N) is 1. The van der Waals surface area contributed by atoms with Gasteiger partial charge in [0.15, 0.2) is 18.1 Å². The van der Waals surface area contributed by atoms with Gasteiger partial charge in [-0.2, -0.15) is 0 Å². The molecule has 1 fully saturated rings. The molecule has 9 nitrogen and oxygen atoms in total. The number of primary amides is 1. The number of hydrogen-bond acceptors (Lipinski definition) is 7. The Balaban J connectivity index is 1.75. The molecule has 0 bridgehead atoms. The number of anilines is 1. The first-order valence-corrected chi connectivity index (χ1v) is 10.1. The molecule has 2 heterocycles. The summed E-state index contributed by atoms with van der Waals surface area (Å²) in [5.74, 6) is 0.538. The molecule has 0 spiro atoms. The van der Waals surface area contributed by atoms with E-state index in [1.807, 2.05) is 4.90 Å². The van der Waals surface area contributed by atoms with Crippen LogP contribution in [0.4, 0.5) is 5.82 Å². The first kappa shape index (κ1) is 22.8. The monoisotopic (exact) mass is 468 g/mol. The quantitative estimate of drug-likeness (QED) is 0.663. The molecular weight excluding hydrogens is 447 g/mol. The molecule has 0 atom stereocenters. The number of piperazine rings is 1. The zero-order valence-corrected chi connectivity index (χ0v) is 18.6. The molecule has 31 heavy (non-hydrogen) atoms. The van der Waals surface area contributed by atoms with Gasteiger partial charge in [0.05, 0.1) is 24.3 Å². The van der Waals surface area contributed by atoms with Crippen LogP contribution in [-0.2, 0) is 4.79 Å². The van der Waals surface area contributed by atoms with Gasteiger partial charge >= 0.3 is 0 Å². The minimum atomic E-state index is -0.641. The average Bonchev–Trinajstić information content (AvgIpc) is 2.76. The molecule has 1 saturated heterocycles. The van der Waals surface area contributed by atoms with Gasteiger partial charge in [-0.25, -0.2) is 4.98 Å². The zero-order chi connectivity index (χ0) is 22.5.